The number of nitrogens with two attached hydrogens (primary N) is 1. The van der Waals surface area contributed by atoms with Crippen LogP contribution in [0.3, 0.4) is 0 Å². The van der Waals surface area contributed by atoms with Crippen molar-refractivity contribution in [2.45, 2.75) is 23.6 Å². The van der Waals surface area contributed by atoms with E-state index in [0.29, 0.717) is 24.5 Å². The summed E-state index contributed by atoms with van der Waals surface area (Å²) in [6.07, 6.45) is 0. The van der Waals surface area contributed by atoms with Gasteiger partial charge in [0.2, 0.25) is 21.8 Å². The van der Waals surface area contributed by atoms with E-state index in [2.05, 4.69) is 10.6 Å². The lowest BCUT2D eigenvalue weighted by Gasteiger charge is -2.19. The van der Waals surface area contributed by atoms with E-state index >= 15 is 0 Å². The molecule has 10 heteroatoms. The monoisotopic (exact) mass is 450 g/mol. The minimum absolute atomic E-state index is 0.0266. The van der Waals surface area contributed by atoms with Gasteiger partial charge in [0.25, 0.3) is 0 Å². The second-order valence-electron chi connectivity index (χ2n) is 6.27. The van der Waals surface area contributed by atoms with Crippen LogP contribution in [-0.2, 0) is 19.6 Å². The van der Waals surface area contributed by atoms with Gasteiger partial charge in [0.15, 0.2) is 0 Å². The summed E-state index contributed by atoms with van der Waals surface area (Å²) in [4.78, 5) is 24.3. The first-order valence-electron chi connectivity index (χ1n) is 9.42. The smallest absolute Gasteiger partial charge is 0.243 e. The normalized spacial score (nSPS) is 11.3. The maximum absolute atomic E-state index is 12.7. The highest BCUT2D eigenvalue weighted by Gasteiger charge is 2.21. The van der Waals surface area contributed by atoms with Crippen LogP contribution in [0.4, 0.5) is 11.4 Å². The van der Waals surface area contributed by atoms with E-state index in [1.54, 1.807) is 32.0 Å². The van der Waals surface area contributed by atoms with Crippen LogP contribution in [0.5, 0.6) is 0 Å². The van der Waals surface area contributed by atoms with Gasteiger partial charge < -0.3 is 16.4 Å². The first kappa shape index (κ1) is 23.7. The molecule has 0 radical (unpaired) electrons. The molecule has 0 aliphatic rings. The minimum Gasteiger partial charge on any atom is -0.375 e. The summed E-state index contributed by atoms with van der Waals surface area (Å²) in [6.45, 7) is 4.26. The van der Waals surface area contributed by atoms with Gasteiger partial charge in [-0.05, 0) is 30.3 Å². The second-order valence-corrected chi connectivity index (χ2v) is 9.23. The van der Waals surface area contributed by atoms with Crippen LogP contribution in [0.1, 0.15) is 13.8 Å². The summed E-state index contributed by atoms with van der Waals surface area (Å²) in [5.41, 5.74) is 6.29. The van der Waals surface area contributed by atoms with Gasteiger partial charge in [0.05, 0.1) is 17.2 Å². The van der Waals surface area contributed by atoms with Gasteiger partial charge in [-0.1, -0.05) is 32.0 Å². The number of para-hydroxylation sites is 1. The third kappa shape index (κ3) is 6.48. The summed E-state index contributed by atoms with van der Waals surface area (Å²) in [6, 6.07) is 13.5. The molecule has 0 aromatic heterocycles. The maximum Gasteiger partial charge on any atom is 0.243 e. The fourth-order valence-corrected chi connectivity index (χ4v) is 4.99. The van der Waals surface area contributed by atoms with Crippen LogP contribution in [0, 0.1) is 0 Å². The molecule has 2 rings (SSSR count). The highest BCUT2D eigenvalue weighted by Crippen LogP contribution is 2.26. The van der Waals surface area contributed by atoms with Crippen LogP contribution in [-0.4, -0.2) is 49.9 Å². The number of rotatable bonds is 11. The van der Waals surface area contributed by atoms with Crippen molar-refractivity contribution in [1.29, 1.82) is 0 Å². The van der Waals surface area contributed by atoms with Crippen molar-refractivity contribution in [2.75, 3.05) is 36.0 Å². The molecule has 0 aliphatic carbocycles. The molecule has 0 saturated carbocycles. The van der Waals surface area contributed by atoms with Crippen molar-refractivity contribution in [3.8, 4) is 0 Å². The third-order valence-corrected chi connectivity index (χ3v) is 7.30. The molecular weight excluding hydrogens is 424 g/mol. The molecule has 0 unspecified atom stereocenters. The molecule has 0 fully saturated rings. The summed E-state index contributed by atoms with van der Waals surface area (Å²) in [5.74, 6) is -0.618. The quantitative estimate of drug-likeness (QED) is 0.452. The van der Waals surface area contributed by atoms with E-state index in [0.717, 1.165) is 4.90 Å². The molecule has 30 heavy (non-hydrogen) atoms. The summed E-state index contributed by atoms with van der Waals surface area (Å²) in [5, 5.41) is 5.73. The van der Waals surface area contributed by atoms with Crippen molar-refractivity contribution >= 4 is 45.0 Å². The number of benzene rings is 2. The predicted octanol–water partition coefficient (Wildman–Crippen LogP) is 2.35. The number of carbonyl (C=O) groups is 2. The molecule has 2 aromatic carbocycles. The molecule has 8 nitrogen and oxygen atoms in total. The van der Waals surface area contributed by atoms with Gasteiger partial charge in [0, 0.05) is 29.4 Å². The fraction of sp³-hybridized carbons (Fsp3) is 0.300. The summed E-state index contributed by atoms with van der Waals surface area (Å²) < 4.78 is 26.7. The number of primary amides is 1. The van der Waals surface area contributed by atoms with Gasteiger partial charge in [-0.3, -0.25) is 9.59 Å². The number of thioether (sulfide) groups is 1. The Morgan fingerprint density at radius 3 is 2.43 bits per heavy atom. The Bertz CT molecular complexity index is 992. The van der Waals surface area contributed by atoms with Crippen LogP contribution < -0.4 is 16.4 Å². The van der Waals surface area contributed by atoms with Crippen LogP contribution in [0.2, 0.25) is 0 Å². The van der Waals surface area contributed by atoms with Crippen molar-refractivity contribution in [2.24, 2.45) is 5.73 Å². The number of hydrogen-bond acceptors (Lipinski definition) is 6. The zero-order chi connectivity index (χ0) is 22.1. The van der Waals surface area contributed by atoms with Gasteiger partial charge in [-0.25, -0.2) is 8.42 Å². The van der Waals surface area contributed by atoms with Crippen molar-refractivity contribution < 1.29 is 18.0 Å². The standard InChI is InChI=1S/C20H26N4O4S2/c1-3-24(4-2)30(27,28)16-9-7-8-15(12-16)23-20(26)13-22-17-10-5-6-11-18(17)29-14-19(21)25/h5-12,22H,3-4,13-14H2,1-2H3,(H2,21,25)(H,23,26). The van der Waals surface area contributed by atoms with Crippen LogP contribution in [0.25, 0.3) is 0 Å². The summed E-state index contributed by atoms with van der Waals surface area (Å²) in [7, 11) is -3.61. The Hall–Kier alpha value is -2.56. The molecule has 0 aliphatic heterocycles. The Kier molecular flexibility index (Phi) is 8.70. The lowest BCUT2D eigenvalue weighted by Crippen LogP contribution is -2.30. The molecule has 0 spiro atoms. The lowest BCUT2D eigenvalue weighted by atomic mass is 10.3. The molecule has 2 amide bonds. The molecule has 0 bridgehead atoms. The average Bonchev–Trinajstić information content (AvgIpc) is 2.72. The minimum atomic E-state index is -3.61. The number of anilines is 2. The Morgan fingerprint density at radius 2 is 1.77 bits per heavy atom. The number of nitrogens with one attached hydrogen (secondary N) is 2. The average molecular weight is 451 g/mol. The summed E-state index contributed by atoms with van der Waals surface area (Å²) >= 11 is 1.28. The molecule has 0 heterocycles. The van der Waals surface area contributed by atoms with E-state index in [1.165, 1.54) is 28.2 Å². The number of carbonyl (C=O) groups excluding carboxylic acids is 2. The molecule has 4 N–H and O–H groups in total. The zero-order valence-corrected chi connectivity index (χ0v) is 18.6. The van der Waals surface area contributed by atoms with E-state index in [4.69, 9.17) is 5.73 Å². The van der Waals surface area contributed by atoms with E-state index in [1.807, 2.05) is 18.2 Å². The fourth-order valence-electron chi connectivity index (χ4n) is 2.72. The highest BCUT2D eigenvalue weighted by atomic mass is 32.2. The van der Waals surface area contributed by atoms with Gasteiger partial charge in [-0.2, -0.15) is 4.31 Å². The first-order chi connectivity index (χ1) is 14.3. The second kappa shape index (κ2) is 11.0. The Labute approximate surface area is 181 Å². The molecule has 0 saturated heterocycles. The molecule has 0 atom stereocenters. The SMILES string of the molecule is CCN(CC)S(=O)(=O)c1cccc(NC(=O)CNc2ccccc2SCC(N)=O)c1. The third-order valence-electron chi connectivity index (χ3n) is 4.16. The lowest BCUT2D eigenvalue weighted by molar-refractivity contribution is -0.116. The van der Waals surface area contributed by atoms with Crippen LogP contribution >= 0.6 is 11.8 Å². The maximum atomic E-state index is 12.7. The molecular formula is C20H26N4O4S2. The van der Waals surface area contributed by atoms with Gasteiger partial charge in [-0.15, -0.1) is 11.8 Å². The van der Waals surface area contributed by atoms with Crippen LogP contribution in [0.15, 0.2) is 58.3 Å². The van der Waals surface area contributed by atoms with Gasteiger partial charge in [0.1, 0.15) is 0 Å². The highest BCUT2D eigenvalue weighted by molar-refractivity contribution is 8.00. The van der Waals surface area contributed by atoms with E-state index < -0.39 is 15.9 Å². The number of nitrogens with zero attached hydrogens (tertiary/aromatic N) is 1. The zero-order valence-electron chi connectivity index (χ0n) is 16.9. The van der Waals surface area contributed by atoms with Crippen molar-refractivity contribution in [3.63, 3.8) is 0 Å². The number of sulfonamides is 1. The molecule has 162 valence electrons. The number of hydrogen-bond donors (Lipinski definition) is 3. The van der Waals surface area contributed by atoms with Crippen molar-refractivity contribution in [1.82, 2.24) is 4.31 Å². The van der Waals surface area contributed by atoms with Gasteiger partial charge >= 0.3 is 0 Å². The van der Waals surface area contributed by atoms with E-state index in [9.17, 15) is 18.0 Å². The number of amides is 2. The largest absolute Gasteiger partial charge is 0.375 e. The Morgan fingerprint density at radius 1 is 1.07 bits per heavy atom. The predicted molar refractivity (Wildman–Crippen MR) is 120 cm³/mol. The van der Waals surface area contributed by atoms with E-state index in [-0.39, 0.29) is 23.1 Å². The molecule has 2 aromatic rings. The Balaban J connectivity index is 2.04. The van der Waals surface area contributed by atoms with Crippen molar-refractivity contribution in [3.05, 3.63) is 48.5 Å². The topological polar surface area (TPSA) is 122 Å². The first-order valence-corrected chi connectivity index (χ1v) is 11.8.